The number of hydrogen-bond donors (Lipinski definition) is 0. The summed E-state index contributed by atoms with van der Waals surface area (Å²) in [6.07, 6.45) is 0. The van der Waals surface area contributed by atoms with Crippen LogP contribution in [0.15, 0.2) is 41.8 Å². The van der Waals surface area contributed by atoms with Crippen LogP contribution in [0, 0.1) is 0 Å². The van der Waals surface area contributed by atoms with Crippen molar-refractivity contribution >= 4 is 37.9 Å². The molecule has 4 heteroatoms. The highest BCUT2D eigenvalue weighted by Crippen LogP contribution is 2.32. The third-order valence-electron chi connectivity index (χ3n) is 2.71. The molecule has 0 bridgehead atoms. The summed E-state index contributed by atoms with van der Waals surface area (Å²) in [6, 6.07) is 11.3. The lowest BCUT2D eigenvalue weighted by atomic mass is 10.1. The zero-order valence-corrected chi connectivity index (χ0v) is 11.3. The minimum atomic E-state index is 0.0286. The van der Waals surface area contributed by atoms with Crippen LogP contribution < -0.4 is 4.74 Å². The topological polar surface area (TPSA) is 26.3 Å². The highest BCUT2D eigenvalue weighted by molar-refractivity contribution is 7.28. The summed E-state index contributed by atoms with van der Waals surface area (Å²) in [6.45, 7) is 0. The molecule has 0 unspecified atom stereocenters. The molecule has 3 rings (SSSR count). The van der Waals surface area contributed by atoms with Crippen molar-refractivity contribution in [3.8, 4) is 5.75 Å². The third kappa shape index (κ3) is 1.83. The van der Waals surface area contributed by atoms with Crippen LogP contribution in [-0.4, -0.2) is 12.9 Å². The molecule has 1 aromatic carbocycles. The van der Waals surface area contributed by atoms with E-state index in [4.69, 9.17) is 4.74 Å². The Labute approximate surface area is 112 Å². The van der Waals surface area contributed by atoms with Gasteiger partial charge in [0.2, 0.25) is 5.78 Å². The van der Waals surface area contributed by atoms with E-state index in [1.807, 2.05) is 35.7 Å². The molecule has 18 heavy (non-hydrogen) atoms. The first kappa shape index (κ1) is 11.4. The fourth-order valence-electron chi connectivity index (χ4n) is 1.84. The lowest BCUT2D eigenvalue weighted by Crippen LogP contribution is -2.01. The molecule has 0 saturated carbocycles. The largest absolute Gasteiger partial charge is 0.496 e. The Morgan fingerprint density at radius 3 is 2.78 bits per heavy atom. The zero-order chi connectivity index (χ0) is 12.5. The smallest absolute Gasteiger partial charge is 0.206 e. The summed E-state index contributed by atoms with van der Waals surface area (Å²) in [7, 11) is 1.58. The average Bonchev–Trinajstić information content (AvgIpc) is 2.98. The van der Waals surface area contributed by atoms with Gasteiger partial charge in [-0.25, -0.2) is 0 Å². The van der Waals surface area contributed by atoms with Crippen molar-refractivity contribution in [1.82, 2.24) is 0 Å². The molecule has 3 aromatic rings. The number of hydrogen-bond acceptors (Lipinski definition) is 4. The number of methoxy groups -OCH3 is 1. The van der Waals surface area contributed by atoms with Crippen LogP contribution in [0.3, 0.4) is 0 Å². The molecule has 2 heterocycles. The predicted molar refractivity (Wildman–Crippen MR) is 76.1 cm³/mol. The van der Waals surface area contributed by atoms with Crippen molar-refractivity contribution in [3.05, 3.63) is 52.2 Å². The highest BCUT2D eigenvalue weighted by Gasteiger charge is 2.16. The number of fused-ring (bicyclic) bond motifs is 1. The Balaban J connectivity index is 2.06. The molecular weight excluding hydrogens is 264 g/mol. The summed E-state index contributed by atoms with van der Waals surface area (Å²) in [5, 5.41) is 2.04. The average molecular weight is 274 g/mol. The van der Waals surface area contributed by atoms with E-state index >= 15 is 0 Å². The maximum atomic E-state index is 12.4. The molecule has 0 N–H and O–H groups in total. The van der Waals surface area contributed by atoms with Gasteiger partial charge in [-0.15, -0.1) is 22.7 Å². The normalized spacial score (nSPS) is 10.7. The van der Waals surface area contributed by atoms with E-state index in [1.165, 1.54) is 20.7 Å². The fourth-order valence-corrected chi connectivity index (χ4v) is 3.91. The molecule has 0 aliphatic heterocycles. The van der Waals surface area contributed by atoms with Gasteiger partial charge >= 0.3 is 0 Å². The Hall–Kier alpha value is -1.65. The monoisotopic (exact) mass is 274 g/mol. The molecule has 2 nitrogen and oxygen atoms in total. The van der Waals surface area contributed by atoms with Gasteiger partial charge in [0.1, 0.15) is 5.75 Å². The van der Waals surface area contributed by atoms with Crippen LogP contribution in [0.5, 0.6) is 5.75 Å². The maximum Gasteiger partial charge on any atom is 0.206 e. The number of carbonyl (C=O) groups excluding carboxylic acids is 1. The van der Waals surface area contributed by atoms with Gasteiger partial charge in [-0.05, 0) is 29.6 Å². The zero-order valence-electron chi connectivity index (χ0n) is 9.67. The Kier molecular flexibility index (Phi) is 2.89. The minimum absolute atomic E-state index is 0.0286. The lowest BCUT2D eigenvalue weighted by molar-refractivity contribution is 0.103. The number of thiophene rings is 2. The van der Waals surface area contributed by atoms with Crippen molar-refractivity contribution in [2.45, 2.75) is 0 Å². The quantitative estimate of drug-likeness (QED) is 0.669. The molecule has 0 aliphatic carbocycles. The molecule has 0 atom stereocenters. The van der Waals surface area contributed by atoms with E-state index in [2.05, 4.69) is 0 Å². The summed E-state index contributed by atoms with van der Waals surface area (Å²) < 4.78 is 7.56. The van der Waals surface area contributed by atoms with Gasteiger partial charge in [-0.3, -0.25) is 4.79 Å². The van der Waals surface area contributed by atoms with Crippen LogP contribution >= 0.6 is 22.7 Å². The fraction of sp³-hybridized carbons (Fsp3) is 0.0714. The lowest BCUT2D eigenvalue weighted by Gasteiger charge is -2.05. The van der Waals surface area contributed by atoms with Crippen molar-refractivity contribution in [3.63, 3.8) is 0 Å². The van der Waals surface area contributed by atoms with Crippen molar-refractivity contribution in [2.75, 3.05) is 7.11 Å². The van der Waals surface area contributed by atoms with Gasteiger partial charge in [0.25, 0.3) is 0 Å². The van der Waals surface area contributed by atoms with Crippen molar-refractivity contribution < 1.29 is 9.53 Å². The summed E-state index contributed by atoms with van der Waals surface area (Å²) in [5.74, 6) is 0.653. The SMILES string of the molecule is COc1ccccc1C(=O)c1cc2sccc2s1. The Morgan fingerprint density at radius 1 is 1.17 bits per heavy atom. The first-order chi connectivity index (χ1) is 8.79. The third-order valence-corrected chi connectivity index (χ3v) is 4.81. The first-order valence-electron chi connectivity index (χ1n) is 5.44. The van der Waals surface area contributed by atoms with Gasteiger partial charge in [0.15, 0.2) is 0 Å². The number of ether oxygens (including phenoxy) is 1. The summed E-state index contributed by atoms with van der Waals surface area (Å²) in [4.78, 5) is 13.2. The molecule has 0 radical (unpaired) electrons. The van der Waals surface area contributed by atoms with E-state index in [1.54, 1.807) is 24.5 Å². The molecule has 0 aliphatic rings. The number of benzene rings is 1. The van der Waals surface area contributed by atoms with Crippen LogP contribution in [-0.2, 0) is 0 Å². The Morgan fingerprint density at radius 2 is 2.00 bits per heavy atom. The first-order valence-corrected chi connectivity index (χ1v) is 7.14. The molecular formula is C14H10O2S2. The summed E-state index contributed by atoms with van der Waals surface area (Å²) >= 11 is 3.19. The molecule has 0 spiro atoms. The second kappa shape index (κ2) is 4.55. The van der Waals surface area contributed by atoms with Gasteiger partial charge in [0.05, 0.1) is 17.6 Å². The molecule has 2 aromatic heterocycles. The molecule has 0 amide bonds. The molecule has 90 valence electrons. The predicted octanol–water partition coefficient (Wildman–Crippen LogP) is 4.20. The van der Waals surface area contributed by atoms with Crippen molar-refractivity contribution in [1.29, 1.82) is 0 Å². The number of ketones is 1. The Bertz CT molecular complexity index is 681. The highest BCUT2D eigenvalue weighted by atomic mass is 32.1. The standard InChI is InChI=1S/C14H10O2S2/c1-16-10-5-3-2-4-9(10)14(15)13-8-12-11(18-13)6-7-17-12/h2-8H,1H3. The second-order valence-electron chi connectivity index (χ2n) is 3.79. The van der Waals surface area contributed by atoms with E-state index < -0.39 is 0 Å². The van der Waals surface area contributed by atoms with Gasteiger partial charge in [0, 0.05) is 9.40 Å². The van der Waals surface area contributed by atoms with Gasteiger partial charge in [-0.1, -0.05) is 12.1 Å². The maximum absolute atomic E-state index is 12.4. The van der Waals surface area contributed by atoms with Gasteiger partial charge < -0.3 is 4.74 Å². The van der Waals surface area contributed by atoms with E-state index in [0.717, 1.165) is 4.88 Å². The van der Waals surface area contributed by atoms with E-state index in [0.29, 0.717) is 11.3 Å². The summed E-state index contributed by atoms with van der Waals surface area (Å²) in [5.41, 5.74) is 0.619. The number of carbonyl (C=O) groups is 1. The molecule has 0 saturated heterocycles. The second-order valence-corrected chi connectivity index (χ2v) is 5.82. The number of rotatable bonds is 3. The van der Waals surface area contributed by atoms with E-state index in [-0.39, 0.29) is 5.78 Å². The van der Waals surface area contributed by atoms with Crippen LogP contribution in [0.1, 0.15) is 15.2 Å². The number of para-hydroxylation sites is 1. The van der Waals surface area contributed by atoms with E-state index in [9.17, 15) is 4.79 Å². The molecule has 0 fully saturated rings. The van der Waals surface area contributed by atoms with Crippen LogP contribution in [0.4, 0.5) is 0 Å². The van der Waals surface area contributed by atoms with Gasteiger partial charge in [-0.2, -0.15) is 0 Å². The minimum Gasteiger partial charge on any atom is -0.496 e. The van der Waals surface area contributed by atoms with Crippen LogP contribution in [0.2, 0.25) is 0 Å². The van der Waals surface area contributed by atoms with Crippen LogP contribution in [0.25, 0.3) is 9.40 Å². The van der Waals surface area contributed by atoms with Crippen molar-refractivity contribution in [2.24, 2.45) is 0 Å².